The molecule has 1 N–H and O–H groups in total. The van der Waals surface area contributed by atoms with E-state index < -0.39 is 0 Å². The van der Waals surface area contributed by atoms with Crippen LogP contribution in [0.3, 0.4) is 0 Å². The molecular formula is C16H16Cl2FN. The molecular weight excluding hydrogens is 296 g/mol. The predicted molar refractivity (Wildman–Crippen MR) is 83.0 cm³/mol. The summed E-state index contributed by atoms with van der Waals surface area (Å²) in [5.41, 5.74) is 2.21. The van der Waals surface area contributed by atoms with E-state index in [1.54, 1.807) is 12.1 Å². The van der Waals surface area contributed by atoms with Gasteiger partial charge in [0.15, 0.2) is 0 Å². The number of hydrogen-bond acceptors (Lipinski definition) is 1. The van der Waals surface area contributed by atoms with Gasteiger partial charge >= 0.3 is 0 Å². The fourth-order valence-corrected chi connectivity index (χ4v) is 2.30. The Labute approximate surface area is 128 Å². The van der Waals surface area contributed by atoms with Crippen molar-refractivity contribution < 1.29 is 4.39 Å². The summed E-state index contributed by atoms with van der Waals surface area (Å²) in [6.07, 6.45) is 0.913. The molecule has 0 radical (unpaired) electrons. The summed E-state index contributed by atoms with van der Waals surface area (Å²) in [7, 11) is 0. The molecule has 0 spiro atoms. The normalized spacial score (nSPS) is 12.4. The molecule has 2 aromatic carbocycles. The van der Waals surface area contributed by atoms with Crippen molar-refractivity contribution in [2.75, 3.05) is 6.54 Å². The molecule has 0 bridgehead atoms. The standard InChI is InChI=1S/C16H16Cl2FN/c1-11(13-4-7-16(19)15(18)10-13)20-9-8-12-2-5-14(17)6-3-12/h2-7,10-11,20H,8-9H2,1H3. The maximum atomic E-state index is 13.1. The van der Waals surface area contributed by atoms with Crippen molar-refractivity contribution in [2.45, 2.75) is 19.4 Å². The molecule has 0 aromatic heterocycles. The number of hydrogen-bond donors (Lipinski definition) is 1. The third-order valence-corrected chi connectivity index (χ3v) is 3.76. The predicted octanol–water partition coefficient (Wildman–Crippen LogP) is 5.03. The minimum Gasteiger partial charge on any atom is -0.310 e. The highest BCUT2D eigenvalue weighted by molar-refractivity contribution is 6.31. The largest absolute Gasteiger partial charge is 0.310 e. The van der Waals surface area contributed by atoms with Gasteiger partial charge in [0, 0.05) is 11.1 Å². The summed E-state index contributed by atoms with van der Waals surface area (Å²) in [4.78, 5) is 0. The molecule has 1 nitrogen and oxygen atoms in total. The third kappa shape index (κ3) is 4.20. The maximum absolute atomic E-state index is 13.1. The summed E-state index contributed by atoms with van der Waals surface area (Å²) in [5, 5.41) is 4.30. The highest BCUT2D eigenvalue weighted by Gasteiger charge is 2.07. The van der Waals surface area contributed by atoms with Gasteiger partial charge in [0.25, 0.3) is 0 Å². The van der Waals surface area contributed by atoms with Crippen LogP contribution in [-0.2, 0) is 6.42 Å². The van der Waals surface area contributed by atoms with Crippen molar-refractivity contribution in [2.24, 2.45) is 0 Å². The first-order valence-electron chi connectivity index (χ1n) is 6.49. The molecule has 106 valence electrons. The highest BCUT2D eigenvalue weighted by atomic mass is 35.5. The Kier molecular flexibility index (Phi) is 5.41. The van der Waals surface area contributed by atoms with Crippen LogP contribution in [0.4, 0.5) is 4.39 Å². The first kappa shape index (κ1) is 15.3. The van der Waals surface area contributed by atoms with Gasteiger partial charge in [-0.25, -0.2) is 4.39 Å². The van der Waals surface area contributed by atoms with Crippen molar-refractivity contribution in [3.8, 4) is 0 Å². The van der Waals surface area contributed by atoms with Gasteiger partial charge < -0.3 is 5.32 Å². The van der Waals surface area contributed by atoms with Gasteiger partial charge in [-0.3, -0.25) is 0 Å². The Hall–Kier alpha value is -1.09. The van der Waals surface area contributed by atoms with Crippen LogP contribution in [0.1, 0.15) is 24.1 Å². The maximum Gasteiger partial charge on any atom is 0.141 e. The first-order chi connectivity index (χ1) is 9.56. The lowest BCUT2D eigenvalue weighted by atomic mass is 10.1. The first-order valence-corrected chi connectivity index (χ1v) is 7.24. The minimum absolute atomic E-state index is 0.125. The SMILES string of the molecule is CC(NCCc1ccc(Cl)cc1)c1ccc(F)c(Cl)c1. The van der Waals surface area contributed by atoms with E-state index in [1.807, 2.05) is 31.2 Å². The number of nitrogens with one attached hydrogen (secondary N) is 1. The fourth-order valence-electron chi connectivity index (χ4n) is 1.98. The van der Waals surface area contributed by atoms with Crippen molar-refractivity contribution in [3.63, 3.8) is 0 Å². The Morgan fingerprint density at radius 1 is 1.10 bits per heavy atom. The van der Waals surface area contributed by atoms with Crippen molar-refractivity contribution >= 4 is 23.2 Å². The second-order valence-electron chi connectivity index (χ2n) is 4.73. The number of halogens is 3. The molecule has 0 aliphatic carbocycles. The van der Waals surface area contributed by atoms with Crippen LogP contribution in [0, 0.1) is 5.82 Å². The van der Waals surface area contributed by atoms with Gasteiger partial charge in [-0.05, 0) is 55.3 Å². The average Bonchev–Trinajstić information content (AvgIpc) is 2.44. The van der Waals surface area contributed by atoms with Crippen molar-refractivity contribution in [3.05, 3.63) is 69.5 Å². The summed E-state index contributed by atoms with van der Waals surface area (Å²) >= 11 is 11.6. The topological polar surface area (TPSA) is 12.0 Å². The molecule has 1 atom stereocenters. The zero-order chi connectivity index (χ0) is 14.5. The molecule has 0 aliphatic heterocycles. The quantitative estimate of drug-likeness (QED) is 0.817. The summed E-state index contributed by atoms with van der Waals surface area (Å²) < 4.78 is 13.1. The molecule has 4 heteroatoms. The second-order valence-corrected chi connectivity index (χ2v) is 5.57. The zero-order valence-electron chi connectivity index (χ0n) is 11.2. The van der Waals surface area contributed by atoms with Gasteiger partial charge in [0.05, 0.1) is 5.02 Å². The molecule has 20 heavy (non-hydrogen) atoms. The number of rotatable bonds is 5. The Morgan fingerprint density at radius 2 is 1.80 bits per heavy atom. The molecule has 2 aromatic rings. The number of benzene rings is 2. The van der Waals surface area contributed by atoms with Gasteiger partial charge in [-0.2, -0.15) is 0 Å². The zero-order valence-corrected chi connectivity index (χ0v) is 12.7. The van der Waals surface area contributed by atoms with Crippen molar-refractivity contribution in [1.29, 1.82) is 0 Å². The van der Waals surface area contributed by atoms with Crippen LogP contribution < -0.4 is 5.32 Å². The van der Waals surface area contributed by atoms with Crippen LogP contribution in [0.2, 0.25) is 10.0 Å². The van der Waals surface area contributed by atoms with E-state index in [1.165, 1.54) is 11.6 Å². The van der Waals surface area contributed by atoms with E-state index in [-0.39, 0.29) is 16.9 Å². The second kappa shape index (κ2) is 7.07. The summed E-state index contributed by atoms with van der Waals surface area (Å²) in [5.74, 6) is -0.385. The smallest absolute Gasteiger partial charge is 0.141 e. The van der Waals surface area contributed by atoms with Crippen molar-refractivity contribution in [1.82, 2.24) is 5.32 Å². The monoisotopic (exact) mass is 311 g/mol. The lowest BCUT2D eigenvalue weighted by Gasteiger charge is -2.14. The third-order valence-electron chi connectivity index (χ3n) is 3.22. The minimum atomic E-state index is -0.385. The molecule has 1 unspecified atom stereocenters. The lowest BCUT2D eigenvalue weighted by molar-refractivity contribution is 0.573. The van der Waals surface area contributed by atoms with Crippen LogP contribution in [0.25, 0.3) is 0 Å². The van der Waals surface area contributed by atoms with Crippen LogP contribution in [0.5, 0.6) is 0 Å². The summed E-state index contributed by atoms with van der Waals surface area (Å²) in [6, 6.07) is 12.8. The Bertz CT molecular complexity index is 569. The van der Waals surface area contributed by atoms with Crippen LogP contribution >= 0.6 is 23.2 Å². The molecule has 0 amide bonds. The van der Waals surface area contributed by atoms with Gasteiger partial charge in [-0.1, -0.05) is 41.4 Å². The molecule has 2 rings (SSSR count). The van der Waals surface area contributed by atoms with E-state index in [2.05, 4.69) is 5.32 Å². The molecule has 0 saturated carbocycles. The highest BCUT2D eigenvalue weighted by Crippen LogP contribution is 2.20. The lowest BCUT2D eigenvalue weighted by Crippen LogP contribution is -2.21. The Morgan fingerprint density at radius 3 is 2.45 bits per heavy atom. The molecule has 0 aliphatic rings. The van der Waals surface area contributed by atoms with E-state index >= 15 is 0 Å². The van der Waals surface area contributed by atoms with Crippen LogP contribution in [0.15, 0.2) is 42.5 Å². The van der Waals surface area contributed by atoms with Crippen LogP contribution in [-0.4, -0.2) is 6.54 Å². The molecule has 0 saturated heterocycles. The van der Waals surface area contributed by atoms with Gasteiger partial charge in [0.2, 0.25) is 0 Å². The Balaban J connectivity index is 1.87. The summed E-state index contributed by atoms with van der Waals surface area (Å²) in [6.45, 7) is 2.86. The van der Waals surface area contributed by atoms with Gasteiger partial charge in [0.1, 0.15) is 5.82 Å². The van der Waals surface area contributed by atoms with E-state index in [0.717, 1.165) is 23.6 Å². The van der Waals surface area contributed by atoms with E-state index in [4.69, 9.17) is 23.2 Å². The molecule has 0 heterocycles. The fraction of sp³-hybridized carbons (Fsp3) is 0.250. The molecule has 0 fully saturated rings. The average molecular weight is 312 g/mol. The van der Waals surface area contributed by atoms with E-state index in [9.17, 15) is 4.39 Å². The van der Waals surface area contributed by atoms with E-state index in [0.29, 0.717) is 0 Å². The van der Waals surface area contributed by atoms with Gasteiger partial charge in [-0.15, -0.1) is 0 Å².